The van der Waals surface area contributed by atoms with Crippen molar-refractivity contribution < 1.29 is 0 Å². The van der Waals surface area contributed by atoms with Crippen molar-refractivity contribution in [2.24, 2.45) is 0 Å². The van der Waals surface area contributed by atoms with Crippen LogP contribution in [-0.2, 0) is 0 Å². The highest BCUT2D eigenvalue weighted by Gasteiger charge is 2.05. The van der Waals surface area contributed by atoms with Crippen molar-refractivity contribution in [3.63, 3.8) is 0 Å². The summed E-state index contributed by atoms with van der Waals surface area (Å²) in [7, 11) is 0. The fraction of sp³-hybridized carbons (Fsp3) is 0. The third kappa shape index (κ3) is 2.53. The van der Waals surface area contributed by atoms with E-state index < -0.39 is 0 Å². The second-order valence-electron chi connectivity index (χ2n) is 4.77. The maximum Gasteiger partial charge on any atom is 0.145 e. The molecule has 3 aromatic rings. The van der Waals surface area contributed by atoms with Gasteiger partial charge in [-0.1, -0.05) is 46.3 Å². The molecule has 0 saturated carbocycles. The first-order valence-corrected chi connectivity index (χ1v) is 7.40. The zero-order valence-electron chi connectivity index (χ0n) is 11.5. The fourth-order valence-electron chi connectivity index (χ4n) is 2.39. The van der Waals surface area contributed by atoms with Crippen LogP contribution < -0.4 is 5.32 Å². The normalized spacial score (nSPS) is 9.95. The molecule has 3 rings (SSSR count). The van der Waals surface area contributed by atoms with Gasteiger partial charge in [0.05, 0.1) is 0 Å². The van der Waals surface area contributed by atoms with Crippen LogP contribution in [0.25, 0.3) is 21.5 Å². The molecule has 0 saturated heterocycles. The number of hydrogen-bond acceptors (Lipinski definition) is 3. The van der Waals surface area contributed by atoms with E-state index in [0.717, 1.165) is 31.7 Å². The maximum atomic E-state index is 8.76. The number of allylic oxidation sites excluding steroid dienone is 1. The molecule has 0 aliphatic heterocycles. The van der Waals surface area contributed by atoms with E-state index in [1.807, 2.05) is 42.5 Å². The molecular formula is C18H10BrN3. The van der Waals surface area contributed by atoms with Crippen LogP contribution in [0.4, 0.5) is 5.69 Å². The Morgan fingerprint density at radius 2 is 1.68 bits per heavy atom. The van der Waals surface area contributed by atoms with Crippen molar-refractivity contribution in [2.45, 2.75) is 0 Å². The van der Waals surface area contributed by atoms with Gasteiger partial charge < -0.3 is 5.32 Å². The molecule has 0 heterocycles. The maximum absolute atomic E-state index is 8.76. The van der Waals surface area contributed by atoms with Crippen LogP contribution in [0.2, 0.25) is 0 Å². The van der Waals surface area contributed by atoms with Gasteiger partial charge in [-0.2, -0.15) is 10.5 Å². The van der Waals surface area contributed by atoms with Crippen LogP contribution >= 0.6 is 15.9 Å². The zero-order valence-corrected chi connectivity index (χ0v) is 13.1. The third-order valence-electron chi connectivity index (χ3n) is 3.43. The topological polar surface area (TPSA) is 59.6 Å². The molecule has 0 atom stereocenters. The van der Waals surface area contributed by atoms with Gasteiger partial charge in [-0.25, -0.2) is 0 Å². The number of benzene rings is 3. The third-order valence-corrected chi connectivity index (χ3v) is 4.09. The standard InChI is InChI=1S/C18H10BrN3/c19-18-7-13-5-6-14(22-11-12(9-20)10-21)8-17(13)15-3-1-2-4-16(15)18/h1-8,11,22H. The Hall–Kier alpha value is -2.82. The lowest BCUT2D eigenvalue weighted by molar-refractivity contribution is 1.45. The van der Waals surface area contributed by atoms with Crippen LogP contribution in [0.5, 0.6) is 0 Å². The van der Waals surface area contributed by atoms with Crippen LogP contribution in [0.1, 0.15) is 0 Å². The summed E-state index contributed by atoms with van der Waals surface area (Å²) in [5.41, 5.74) is 0.878. The summed E-state index contributed by atoms with van der Waals surface area (Å²) in [5.74, 6) is 0. The number of rotatable bonds is 2. The van der Waals surface area contributed by atoms with Crippen LogP contribution in [-0.4, -0.2) is 0 Å². The molecule has 0 bridgehead atoms. The average molecular weight is 348 g/mol. The summed E-state index contributed by atoms with van der Waals surface area (Å²) in [4.78, 5) is 0. The minimum Gasteiger partial charge on any atom is -0.360 e. The van der Waals surface area contributed by atoms with Crippen LogP contribution in [0.3, 0.4) is 0 Å². The van der Waals surface area contributed by atoms with Gasteiger partial charge in [-0.05, 0) is 39.7 Å². The molecule has 4 heteroatoms. The lowest BCUT2D eigenvalue weighted by Crippen LogP contribution is -1.90. The van der Waals surface area contributed by atoms with E-state index in [4.69, 9.17) is 10.5 Å². The summed E-state index contributed by atoms with van der Waals surface area (Å²) >= 11 is 3.61. The summed E-state index contributed by atoms with van der Waals surface area (Å²) < 4.78 is 1.06. The predicted molar refractivity (Wildman–Crippen MR) is 92.1 cm³/mol. The minimum atomic E-state index is 0.0424. The average Bonchev–Trinajstić information content (AvgIpc) is 2.56. The highest BCUT2D eigenvalue weighted by atomic mass is 79.9. The molecule has 0 radical (unpaired) electrons. The fourth-order valence-corrected chi connectivity index (χ4v) is 2.98. The minimum absolute atomic E-state index is 0.0424. The number of hydrogen-bond donors (Lipinski definition) is 1. The van der Waals surface area contributed by atoms with Crippen LogP contribution in [0, 0.1) is 22.7 Å². The molecule has 0 unspecified atom stereocenters. The van der Waals surface area contributed by atoms with Crippen molar-refractivity contribution in [1.82, 2.24) is 0 Å². The van der Waals surface area contributed by atoms with Crippen molar-refractivity contribution in [3.8, 4) is 12.1 Å². The lowest BCUT2D eigenvalue weighted by atomic mass is 10.0. The van der Waals surface area contributed by atoms with Gasteiger partial charge in [0.1, 0.15) is 17.7 Å². The van der Waals surface area contributed by atoms with Gasteiger partial charge in [0.15, 0.2) is 0 Å². The quantitative estimate of drug-likeness (QED) is 0.518. The Morgan fingerprint density at radius 1 is 0.955 bits per heavy atom. The smallest absolute Gasteiger partial charge is 0.145 e. The van der Waals surface area contributed by atoms with Gasteiger partial charge in [0, 0.05) is 16.4 Å². The molecule has 3 aromatic carbocycles. The Morgan fingerprint density at radius 3 is 2.41 bits per heavy atom. The first-order valence-electron chi connectivity index (χ1n) is 6.61. The molecule has 0 fully saturated rings. The van der Waals surface area contributed by atoms with Gasteiger partial charge >= 0.3 is 0 Å². The van der Waals surface area contributed by atoms with Gasteiger partial charge in [0.25, 0.3) is 0 Å². The molecule has 22 heavy (non-hydrogen) atoms. The van der Waals surface area contributed by atoms with Crippen molar-refractivity contribution in [3.05, 3.63) is 64.8 Å². The van der Waals surface area contributed by atoms with E-state index >= 15 is 0 Å². The summed E-state index contributed by atoms with van der Waals surface area (Å²) in [6.45, 7) is 0. The molecule has 0 aromatic heterocycles. The SMILES string of the molecule is N#CC(C#N)=CNc1ccc2cc(Br)c3ccccc3c2c1. The zero-order chi connectivity index (χ0) is 15.5. The van der Waals surface area contributed by atoms with Crippen molar-refractivity contribution in [2.75, 3.05) is 5.32 Å². The molecule has 0 aliphatic rings. The summed E-state index contributed by atoms with van der Waals surface area (Å²) in [6.07, 6.45) is 1.42. The number of halogens is 1. The molecular weight excluding hydrogens is 338 g/mol. The van der Waals surface area contributed by atoms with Gasteiger partial charge in [-0.3, -0.25) is 0 Å². The van der Waals surface area contributed by atoms with Crippen LogP contribution in [0.15, 0.2) is 64.8 Å². The first kappa shape index (κ1) is 14.1. The molecule has 0 aliphatic carbocycles. The highest BCUT2D eigenvalue weighted by Crippen LogP contribution is 2.33. The second kappa shape index (κ2) is 5.89. The van der Waals surface area contributed by atoms with E-state index in [1.54, 1.807) is 0 Å². The summed E-state index contributed by atoms with van der Waals surface area (Å²) in [5, 5.41) is 25.1. The highest BCUT2D eigenvalue weighted by molar-refractivity contribution is 9.10. The van der Waals surface area contributed by atoms with E-state index in [0.29, 0.717) is 0 Å². The Labute approximate surface area is 136 Å². The number of anilines is 1. The van der Waals surface area contributed by atoms with E-state index in [-0.39, 0.29) is 5.57 Å². The molecule has 3 nitrogen and oxygen atoms in total. The number of nitrogens with zero attached hydrogens (tertiary/aromatic N) is 2. The van der Waals surface area contributed by atoms with Crippen molar-refractivity contribution in [1.29, 1.82) is 10.5 Å². The second-order valence-corrected chi connectivity index (χ2v) is 5.62. The van der Waals surface area contributed by atoms with Gasteiger partial charge in [-0.15, -0.1) is 0 Å². The van der Waals surface area contributed by atoms with E-state index in [9.17, 15) is 0 Å². The lowest BCUT2D eigenvalue weighted by Gasteiger charge is -2.08. The van der Waals surface area contributed by atoms with E-state index in [1.165, 1.54) is 6.20 Å². The number of nitrogens with one attached hydrogen (secondary N) is 1. The Bertz CT molecular complexity index is 975. The Balaban J connectivity index is 2.16. The Kier molecular flexibility index (Phi) is 3.78. The molecule has 0 spiro atoms. The number of nitriles is 2. The monoisotopic (exact) mass is 347 g/mol. The number of fused-ring (bicyclic) bond motifs is 3. The molecule has 104 valence electrons. The largest absolute Gasteiger partial charge is 0.360 e. The molecule has 0 amide bonds. The molecule has 1 N–H and O–H groups in total. The van der Waals surface area contributed by atoms with Gasteiger partial charge in [0.2, 0.25) is 0 Å². The van der Waals surface area contributed by atoms with Crippen molar-refractivity contribution >= 4 is 43.2 Å². The predicted octanol–water partition coefficient (Wildman–Crippen LogP) is 5.10. The summed E-state index contributed by atoms with van der Waals surface area (Å²) in [6, 6.07) is 19.9. The first-order chi connectivity index (χ1) is 10.7. The van der Waals surface area contributed by atoms with E-state index in [2.05, 4.69) is 39.4 Å².